The van der Waals surface area contributed by atoms with E-state index in [4.69, 9.17) is 10.3 Å². The molecule has 2 rings (SSSR count). The van der Waals surface area contributed by atoms with Gasteiger partial charge in [0.2, 0.25) is 11.8 Å². The van der Waals surface area contributed by atoms with Gasteiger partial charge < -0.3 is 10.3 Å². The third-order valence-corrected chi connectivity index (χ3v) is 3.47. The number of hydrogen-bond acceptors (Lipinski definition) is 5. The van der Waals surface area contributed by atoms with Gasteiger partial charge in [0.05, 0.1) is 12.6 Å². The second kappa shape index (κ2) is 6.14. The van der Waals surface area contributed by atoms with Crippen LogP contribution >= 0.6 is 0 Å². The number of nitrogens with zero attached hydrogens (tertiary/aromatic N) is 3. The van der Waals surface area contributed by atoms with Gasteiger partial charge in [0.25, 0.3) is 0 Å². The van der Waals surface area contributed by atoms with Gasteiger partial charge >= 0.3 is 0 Å². The van der Waals surface area contributed by atoms with E-state index in [0.29, 0.717) is 11.7 Å². The topological polar surface area (TPSA) is 85.3 Å². The lowest BCUT2D eigenvalue weighted by Gasteiger charge is -2.25. The van der Waals surface area contributed by atoms with Crippen LogP contribution < -0.4 is 5.73 Å². The summed E-state index contributed by atoms with van der Waals surface area (Å²) in [7, 11) is 0. The number of amides is 1. The molecule has 0 saturated carbocycles. The van der Waals surface area contributed by atoms with Crippen molar-refractivity contribution in [2.24, 2.45) is 5.73 Å². The third kappa shape index (κ3) is 3.53. The van der Waals surface area contributed by atoms with Gasteiger partial charge in [0.1, 0.15) is 0 Å². The molecule has 1 saturated heterocycles. The SMILES string of the molecule is CC(C)c1nc([C@H]2CCCCCN2CC(N)=O)no1. The van der Waals surface area contributed by atoms with E-state index < -0.39 is 0 Å². The van der Waals surface area contributed by atoms with Crippen molar-refractivity contribution in [3.63, 3.8) is 0 Å². The Hall–Kier alpha value is -1.43. The summed E-state index contributed by atoms with van der Waals surface area (Å²) in [5.74, 6) is 1.25. The lowest BCUT2D eigenvalue weighted by molar-refractivity contribution is -0.119. The molecule has 0 bridgehead atoms. The highest BCUT2D eigenvalue weighted by molar-refractivity contribution is 5.75. The summed E-state index contributed by atoms with van der Waals surface area (Å²) in [6.45, 7) is 5.16. The molecule has 6 heteroatoms. The Balaban J connectivity index is 2.18. The van der Waals surface area contributed by atoms with Crippen molar-refractivity contribution in [2.45, 2.75) is 51.5 Å². The van der Waals surface area contributed by atoms with Crippen molar-refractivity contribution in [3.8, 4) is 0 Å². The van der Waals surface area contributed by atoms with Gasteiger partial charge in [-0.25, -0.2) is 0 Å². The molecule has 0 spiro atoms. The molecule has 6 nitrogen and oxygen atoms in total. The van der Waals surface area contributed by atoms with Gasteiger partial charge in [0.15, 0.2) is 5.82 Å². The molecule has 1 aliphatic rings. The molecule has 2 N–H and O–H groups in total. The first-order valence-electron chi connectivity index (χ1n) is 6.93. The third-order valence-electron chi connectivity index (χ3n) is 3.47. The molecule has 1 amide bonds. The van der Waals surface area contributed by atoms with Crippen LogP contribution in [-0.2, 0) is 4.79 Å². The maximum absolute atomic E-state index is 11.2. The lowest BCUT2D eigenvalue weighted by Crippen LogP contribution is -2.37. The molecule has 19 heavy (non-hydrogen) atoms. The molecule has 1 fully saturated rings. The minimum absolute atomic E-state index is 0.0475. The first-order valence-corrected chi connectivity index (χ1v) is 6.93. The normalized spacial score (nSPS) is 21.5. The zero-order valence-electron chi connectivity index (χ0n) is 11.6. The van der Waals surface area contributed by atoms with Gasteiger partial charge in [0, 0.05) is 5.92 Å². The molecule has 0 radical (unpaired) electrons. The van der Waals surface area contributed by atoms with Gasteiger partial charge in [-0.15, -0.1) is 0 Å². The Bertz CT molecular complexity index is 430. The first kappa shape index (κ1) is 14.0. The van der Waals surface area contributed by atoms with E-state index in [0.717, 1.165) is 25.8 Å². The highest BCUT2D eigenvalue weighted by Gasteiger charge is 2.28. The van der Waals surface area contributed by atoms with Crippen LogP contribution in [0.3, 0.4) is 0 Å². The predicted molar refractivity (Wildman–Crippen MR) is 70.4 cm³/mol. The Morgan fingerprint density at radius 2 is 2.26 bits per heavy atom. The first-order chi connectivity index (χ1) is 9.08. The Morgan fingerprint density at radius 3 is 2.89 bits per heavy atom. The summed E-state index contributed by atoms with van der Waals surface area (Å²) in [6.07, 6.45) is 4.31. The molecule has 0 aliphatic carbocycles. The smallest absolute Gasteiger partial charge is 0.231 e. The fourth-order valence-electron chi connectivity index (χ4n) is 2.47. The van der Waals surface area contributed by atoms with Crippen LogP contribution in [-0.4, -0.2) is 34.0 Å². The monoisotopic (exact) mass is 266 g/mol. The minimum atomic E-state index is -0.306. The molecule has 0 aromatic carbocycles. The van der Waals surface area contributed by atoms with Crippen LogP contribution in [0.25, 0.3) is 0 Å². The molecule has 1 aromatic heterocycles. The van der Waals surface area contributed by atoms with Gasteiger partial charge in [-0.3, -0.25) is 9.69 Å². The number of aromatic nitrogens is 2. The summed E-state index contributed by atoms with van der Waals surface area (Å²) >= 11 is 0. The zero-order chi connectivity index (χ0) is 13.8. The summed E-state index contributed by atoms with van der Waals surface area (Å²) in [6, 6.07) is 0.0475. The van der Waals surface area contributed by atoms with Gasteiger partial charge in [-0.05, 0) is 19.4 Å². The second-order valence-electron chi connectivity index (χ2n) is 5.45. The molecular weight excluding hydrogens is 244 g/mol. The fourth-order valence-corrected chi connectivity index (χ4v) is 2.47. The van der Waals surface area contributed by atoms with Crippen LogP contribution in [0.2, 0.25) is 0 Å². The van der Waals surface area contributed by atoms with E-state index in [-0.39, 0.29) is 24.4 Å². The average Bonchev–Trinajstić information content (AvgIpc) is 2.72. The number of nitrogens with two attached hydrogens (primary N) is 1. The Labute approximate surface area is 113 Å². The van der Waals surface area contributed by atoms with Crippen molar-refractivity contribution < 1.29 is 9.32 Å². The van der Waals surface area contributed by atoms with Crippen LogP contribution in [0.4, 0.5) is 0 Å². The van der Waals surface area contributed by atoms with E-state index in [9.17, 15) is 4.79 Å². The van der Waals surface area contributed by atoms with Crippen LogP contribution in [0.5, 0.6) is 0 Å². The Kier molecular flexibility index (Phi) is 4.52. The van der Waals surface area contributed by atoms with Crippen molar-refractivity contribution in [3.05, 3.63) is 11.7 Å². The molecular formula is C13H22N4O2. The summed E-state index contributed by atoms with van der Waals surface area (Å²) in [5.41, 5.74) is 5.32. The molecule has 106 valence electrons. The van der Waals surface area contributed by atoms with Crippen LogP contribution in [0.1, 0.15) is 63.2 Å². The summed E-state index contributed by atoms with van der Waals surface area (Å²) in [5, 5.41) is 4.08. The van der Waals surface area contributed by atoms with Crippen molar-refractivity contribution in [1.29, 1.82) is 0 Å². The van der Waals surface area contributed by atoms with Crippen LogP contribution in [0, 0.1) is 0 Å². The second-order valence-corrected chi connectivity index (χ2v) is 5.45. The largest absolute Gasteiger partial charge is 0.369 e. The molecule has 1 aliphatic heterocycles. The maximum atomic E-state index is 11.2. The molecule has 1 atom stereocenters. The van der Waals surface area contributed by atoms with Crippen molar-refractivity contribution in [2.75, 3.05) is 13.1 Å². The fraction of sp³-hybridized carbons (Fsp3) is 0.769. The van der Waals surface area contributed by atoms with Crippen molar-refractivity contribution >= 4 is 5.91 Å². The molecule has 2 heterocycles. The summed E-state index contributed by atoms with van der Waals surface area (Å²) < 4.78 is 5.27. The number of carbonyl (C=O) groups excluding carboxylic acids is 1. The van der Waals surface area contributed by atoms with E-state index in [1.165, 1.54) is 6.42 Å². The van der Waals surface area contributed by atoms with E-state index in [2.05, 4.69) is 15.0 Å². The quantitative estimate of drug-likeness (QED) is 0.894. The Morgan fingerprint density at radius 1 is 1.47 bits per heavy atom. The number of primary amides is 1. The highest BCUT2D eigenvalue weighted by atomic mass is 16.5. The highest BCUT2D eigenvalue weighted by Crippen LogP contribution is 2.28. The standard InChI is InChI=1S/C13H22N4O2/c1-9(2)13-15-12(16-19-13)10-6-4-3-5-7-17(10)8-11(14)18/h9-10H,3-8H2,1-2H3,(H2,14,18)/t10-/m1/s1. The van der Waals surface area contributed by atoms with E-state index >= 15 is 0 Å². The van der Waals surface area contributed by atoms with Gasteiger partial charge in [-0.1, -0.05) is 31.8 Å². The maximum Gasteiger partial charge on any atom is 0.231 e. The number of carbonyl (C=O) groups is 1. The summed E-state index contributed by atoms with van der Waals surface area (Å²) in [4.78, 5) is 17.7. The van der Waals surface area contributed by atoms with Crippen molar-refractivity contribution in [1.82, 2.24) is 15.0 Å². The van der Waals surface area contributed by atoms with E-state index in [1.54, 1.807) is 0 Å². The number of likely N-dealkylation sites (tertiary alicyclic amines) is 1. The number of hydrogen-bond donors (Lipinski definition) is 1. The van der Waals surface area contributed by atoms with Gasteiger partial charge in [-0.2, -0.15) is 4.98 Å². The zero-order valence-corrected chi connectivity index (χ0v) is 11.6. The van der Waals surface area contributed by atoms with E-state index in [1.807, 2.05) is 13.8 Å². The average molecular weight is 266 g/mol. The predicted octanol–water partition coefficient (Wildman–Crippen LogP) is 1.60. The molecule has 1 aromatic rings. The van der Waals surface area contributed by atoms with Crippen LogP contribution in [0.15, 0.2) is 4.52 Å². The number of rotatable bonds is 4. The minimum Gasteiger partial charge on any atom is -0.369 e. The molecule has 0 unspecified atom stereocenters. The lowest BCUT2D eigenvalue weighted by atomic mass is 10.1.